The second kappa shape index (κ2) is 6.28. The molecule has 2 heterocycles. The molecule has 0 atom stereocenters. The van der Waals surface area contributed by atoms with Gasteiger partial charge in [0.25, 0.3) is 0 Å². The first-order valence-electron chi connectivity index (χ1n) is 8.09. The van der Waals surface area contributed by atoms with Crippen LogP contribution in [-0.2, 0) is 25.9 Å². The van der Waals surface area contributed by atoms with Gasteiger partial charge in [-0.15, -0.1) is 0 Å². The van der Waals surface area contributed by atoms with Crippen LogP contribution in [0.2, 0.25) is 0 Å². The van der Waals surface area contributed by atoms with Crippen molar-refractivity contribution in [3.05, 3.63) is 48.4 Å². The van der Waals surface area contributed by atoms with E-state index in [1.54, 1.807) is 36.4 Å². The summed E-state index contributed by atoms with van der Waals surface area (Å²) in [5.74, 6) is 0.539. The van der Waals surface area contributed by atoms with Gasteiger partial charge in [0, 0.05) is 5.46 Å². The Hall–Kier alpha value is -1.61. The van der Waals surface area contributed by atoms with E-state index in [1.807, 2.05) is 27.7 Å². The number of hydrogen-bond acceptors (Lipinski definition) is 5. The van der Waals surface area contributed by atoms with E-state index >= 15 is 0 Å². The summed E-state index contributed by atoms with van der Waals surface area (Å²) in [6, 6.07) is 10.1. The van der Waals surface area contributed by atoms with Gasteiger partial charge in [-0.3, -0.25) is 0 Å². The molecule has 1 N–H and O–H groups in total. The molecule has 1 aliphatic rings. The maximum atomic E-state index is 12.8. The predicted octanol–water partition coefficient (Wildman–Crippen LogP) is 2.06. The lowest BCUT2D eigenvalue weighted by molar-refractivity contribution is 0.00578. The highest BCUT2D eigenvalue weighted by atomic mass is 32.2. The summed E-state index contributed by atoms with van der Waals surface area (Å²) >= 11 is 0. The Morgan fingerprint density at radius 3 is 2.24 bits per heavy atom. The third kappa shape index (κ3) is 3.53. The van der Waals surface area contributed by atoms with Gasteiger partial charge in [0.1, 0.15) is 5.76 Å². The van der Waals surface area contributed by atoms with E-state index in [2.05, 4.69) is 4.72 Å². The predicted molar refractivity (Wildman–Crippen MR) is 94.9 cm³/mol. The molecule has 6 nitrogen and oxygen atoms in total. The fourth-order valence-corrected chi connectivity index (χ4v) is 3.77. The Morgan fingerprint density at radius 1 is 1.00 bits per heavy atom. The third-order valence-corrected chi connectivity index (χ3v) is 6.21. The van der Waals surface area contributed by atoms with E-state index in [-0.39, 0.29) is 11.4 Å². The maximum Gasteiger partial charge on any atom is 0.496 e. The largest absolute Gasteiger partial charge is 0.496 e. The van der Waals surface area contributed by atoms with Crippen LogP contribution < -0.4 is 10.2 Å². The number of furan rings is 1. The molecule has 0 aliphatic carbocycles. The molecule has 1 fully saturated rings. The topological polar surface area (TPSA) is 77.8 Å². The number of benzene rings is 1. The fraction of sp³-hybridized carbons (Fsp3) is 0.412. The van der Waals surface area contributed by atoms with E-state index in [0.29, 0.717) is 11.2 Å². The first-order valence-corrected chi connectivity index (χ1v) is 9.57. The molecule has 0 amide bonds. The molecule has 3 rings (SSSR count). The average Bonchev–Trinajstić information content (AvgIpc) is 3.12. The summed E-state index contributed by atoms with van der Waals surface area (Å²) < 4.78 is 45.3. The number of nitrogens with one attached hydrogen (secondary N) is 1. The monoisotopic (exact) mass is 363 g/mol. The zero-order chi connectivity index (χ0) is 18.3. The van der Waals surface area contributed by atoms with Crippen LogP contribution in [0.3, 0.4) is 0 Å². The van der Waals surface area contributed by atoms with Crippen LogP contribution in [0.15, 0.2) is 52.0 Å². The Morgan fingerprint density at radius 2 is 1.64 bits per heavy atom. The van der Waals surface area contributed by atoms with E-state index in [4.69, 9.17) is 13.7 Å². The lowest BCUT2D eigenvalue weighted by atomic mass is 9.79. The molecule has 134 valence electrons. The second-order valence-electron chi connectivity index (χ2n) is 7.03. The fourth-order valence-electron chi connectivity index (χ4n) is 2.55. The summed E-state index contributed by atoms with van der Waals surface area (Å²) in [6.45, 7) is 7.80. The van der Waals surface area contributed by atoms with Crippen LogP contribution >= 0.6 is 0 Å². The molecule has 1 aliphatic heterocycles. The van der Waals surface area contributed by atoms with Gasteiger partial charge in [0.05, 0.1) is 28.9 Å². The molecule has 0 radical (unpaired) electrons. The highest BCUT2D eigenvalue weighted by Gasteiger charge is 2.52. The zero-order valence-corrected chi connectivity index (χ0v) is 15.6. The summed E-state index contributed by atoms with van der Waals surface area (Å²) in [4.78, 5) is 0.139. The molecule has 1 aromatic carbocycles. The van der Waals surface area contributed by atoms with Crippen LogP contribution in [-0.4, -0.2) is 26.7 Å². The van der Waals surface area contributed by atoms with Crippen molar-refractivity contribution in [1.29, 1.82) is 0 Å². The van der Waals surface area contributed by atoms with Gasteiger partial charge < -0.3 is 13.7 Å². The van der Waals surface area contributed by atoms with Gasteiger partial charge in [0.15, 0.2) is 0 Å². The van der Waals surface area contributed by atoms with Crippen LogP contribution in [0, 0.1) is 0 Å². The first kappa shape index (κ1) is 18.2. The molecular weight excluding hydrogens is 341 g/mol. The average molecular weight is 363 g/mol. The molecule has 0 spiro atoms. The lowest BCUT2D eigenvalue weighted by Gasteiger charge is -2.32. The molecule has 1 saturated heterocycles. The van der Waals surface area contributed by atoms with Gasteiger partial charge in [-0.1, -0.05) is 18.2 Å². The maximum absolute atomic E-state index is 12.8. The normalized spacial score (nSPS) is 19.3. The number of sulfonamides is 1. The molecule has 2 aromatic rings. The van der Waals surface area contributed by atoms with E-state index in [0.717, 1.165) is 0 Å². The minimum atomic E-state index is -3.75. The van der Waals surface area contributed by atoms with Gasteiger partial charge in [-0.25, -0.2) is 13.1 Å². The molecule has 0 unspecified atom stereocenters. The van der Waals surface area contributed by atoms with Crippen molar-refractivity contribution in [2.75, 3.05) is 0 Å². The van der Waals surface area contributed by atoms with Gasteiger partial charge in [-0.2, -0.15) is 0 Å². The van der Waals surface area contributed by atoms with Crippen LogP contribution in [0.4, 0.5) is 0 Å². The summed E-state index contributed by atoms with van der Waals surface area (Å²) in [6.07, 6.45) is 1.50. The van der Waals surface area contributed by atoms with E-state index in [9.17, 15) is 8.42 Å². The molecule has 8 heteroatoms. The standard InChI is InChI=1S/C17H22BNO5S/c1-16(2)17(3,4)24-18(23-16)14-9-5-6-10-15(14)25(20,21)19-12-13-8-7-11-22-13/h5-11,19H,12H2,1-4H3. The molecule has 0 bridgehead atoms. The summed E-state index contributed by atoms with van der Waals surface area (Å²) in [7, 11) is -4.50. The lowest BCUT2D eigenvalue weighted by Crippen LogP contribution is -2.41. The molecule has 0 saturated carbocycles. The summed E-state index contributed by atoms with van der Waals surface area (Å²) in [5, 5.41) is 0. The third-order valence-electron chi connectivity index (χ3n) is 4.73. The Bertz CT molecular complexity index is 830. The molecule has 1 aromatic heterocycles. The zero-order valence-electron chi connectivity index (χ0n) is 14.8. The van der Waals surface area contributed by atoms with Gasteiger partial charge in [-0.05, 0) is 45.9 Å². The van der Waals surface area contributed by atoms with Crippen LogP contribution in [0.5, 0.6) is 0 Å². The van der Waals surface area contributed by atoms with Crippen molar-refractivity contribution in [2.45, 2.75) is 50.3 Å². The van der Waals surface area contributed by atoms with E-state index in [1.165, 1.54) is 6.26 Å². The Balaban J connectivity index is 1.89. The minimum absolute atomic E-state index is 0.0764. The highest BCUT2D eigenvalue weighted by Crippen LogP contribution is 2.36. The first-order chi connectivity index (χ1) is 11.6. The molecular formula is C17H22BNO5S. The van der Waals surface area contributed by atoms with Gasteiger partial charge >= 0.3 is 7.12 Å². The Labute approximate surface area is 148 Å². The number of rotatable bonds is 5. The van der Waals surface area contributed by atoms with Crippen molar-refractivity contribution in [3.8, 4) is 0 Å². The highest BCUT2D eigenvalue weighted by molar-refractivity contribution is 7.89. The van der Waals surface area contributed by atoms with Crippen molar-refractivity contribution >= 4 is 22.6 Å². The number of hydrogen-bond donors (Lipinski definition) is 1. The van der Waals surface area contributed by atoms with Crippen LogP contribution in [0.25, 0.3) is 0 Å². The van der Waals surface area contributed by atoms with Crippen molar-refractivity contribution < 1.29 is 22.1 Å². The van der Waals surface area contributed by atoms with Crippen LogP contribution in [0.1, 0.15) is 33.5 Å². The minimum Gasteiger partial charge on any atom is -0.468 e. The molecule has 25 heavy (non-hydrogen) atoms. The quantitative estimate of drug-likeness (QED) is 0.823. The Kier molecular flexibility index (Phi) is 4.57. The smallest absolute Gasteiger partial charge is 0.468 e. The SMILES string of the molecule is CC1(C)OB(c2ccccc2S(=O)(=O)NCc2ccco2)OC1(C)C. The van der Waals surface area contributed by atoms with Crippen molar-refractivity contribution in [3.63, 3.8) is 0 Å². The second-order valence-corrected chi connectivity index (χ2v) is 8.77. The van der Waals surface area contributed by atoms with E-state index < -0.39 is 28.3 Å². The summed E-state index contributed by atoms with van der Waals surface area (Å²) in [5.41, 5.74) is -0.611. The van der Waals surface area contributed by atoms with Gasteiger partial charge in [0.2, 0.25) is 10.0 Å². The van der Waals surface area contributed by atoms with Crippen molar-refractivity contribution in [2.24, 2.45) is 0 Å². The van der Waals surface area contributed by atoms with Crippen molar-refractivity contribution in [1.82, 2.24) is 4.72 Å².